The molecule has 0 radical (unpaired) electrons. The highest BCUT2D eigenvalue weighted by molar-refractivity contribution is 5.81. The summed E-state index contributed by atoms with van der Waals surface area (Å²) in [5.74, 6) is 0.810. The fraction of sp³-hybridized carbons (Fsp3) is 0.286. The molecule has 0 saturated carbocycles. The minimum atomic E-state index is -0.266. The number of pyridine rings is 1. The lowest BCUT2D eigenvalue weighted by molar-refractivity contribution is 0.753. The maximum absolute atomic E-state index is 12.1. The van der Waals surface area contributed by atoms with E-state index in [0.29, 0.717) is 23.5 Å². The van der Waals surface area contributed by atoms with E-state index in [2.05, 4.69) is 26.9 Å². The van der Waals surface area contributed by atoms with Gasteiger partial charge in [-0.2, -0.15) is 0 Å². The van der Waals surface area contributed by atoms with Crippen LogP contribution in [0.5, 0.6) is 0 Å². The van der Waals surface area contributed by atoms with Crippen LogP contribution < -0.4 is 11.4 Å². The molecule has 0 amide bonds. The molecular formula is C14H16N6O. The van der Waals surface area contributed by atoms with Gasteiger partial charge >= 0.3 is 5.69 Å². The fourth-order valence-electron chi connectivity index (χ4n) is 2.23. The third-order valence-electron chi connectivity index (χ3n) is 3.38. The van der Waals surface area contributed by atoms with Gasteiger partial charge in [0.05, 0.1) is 12.2 Å². The largest absolute Gasteiger partial charge is 0.382 e. The van der Waals surface area contributed by atoms with E-state index in [1.54, 1.807) is 6.92 Å². The molecule has 0 atom stereocenters. The van der Waals surface area contributed by atoms with Crippen molar-refractivity contribution in [2.24, 2.45) is 0 Å². The zero-order chi connectivity index (χ0) is 15.0. The fourth-order valence-corrected chi connectivity index (χ4v) is 2.23. The standard InChI is InChI=1S/C14H16N6O/c1-3-9-4-5-10(16-6-9)7-20-13-11(19-14(20)21)12(15)17-8(2)18-13/h4-6H,3,7H2,1-2H3,(H,19,21)(H2,15,17,18). The van der Waals surface area contributed by atoms with E-state index in [4.69, 9.17) is 5.73 Å². The zero-order valence-corrected chi connectivity index (χ0v) is 11.9. The van der Waals surface area contributed by atoms with Crippen LogP contribution in [0.15, 0.2) is 23.1 Å². The second-order valence-electron chi connectivity index (χ2n) is 4.88. The van der Waals surface area contributed by atoms with Crippen molar-refractivity contribution in [2.45, 2.75) is 26.8 Å². The molecule has 0 aliphatic carbocycles. The first-order valence-electron chi connectivity index (χ1n) is 6.75. The molecule has 3 aromatic heterocycles. The molecule has 3 rings (SSSR count). The Kier molecular flexibility index (Phi) is 3.17. The van der Waals surface area contributed by atoms with Crippen LogP contribution in [0.4, 0.5) is 5.82 Å². The van der Waals surface area contributed by atoms with Crippen molar-refractivity contribution in [2.75, 3.05) is 5.73 Å². The van der Waals surface area contributed by atoms with Crippen LogP contribution in [-0.2, 0) is 13.0 Å². The van der Waals surface area contributed by atoms with Gasteiger partial charge in [-0.1, -0.05) is 13.0 Å². The first kappa shape index (κ1) is 13.3. The van der Waals surface area contributed by atoms with Gasteiger partial charge in [0, 0.05) is 6.20 Å². The number of hydrogen-bond donors (Lipinski definition) is 2. The van der Waals surface area contributed by atoms with E-state index in [0.717, 1.165) is 17.7 Å². The number of nitrogens with two attached hydrogens (primary N) is 1. The Morgan fingerprint density at radius 1 is 1.33 bits per heavy atom. The maximum Gasteiger partial charge on any atom is 0.328 e. The number of aromatic nitrogens is 5. The minimum absolute atomic E-state index is 0.266. The highest BCUT2D eigenvalue weighted by Gasteiger charge is 2.13. The average Bonchev–Trinajstić information content (AvgIpc) is 2.77. The molecule has 0 spiro atoms. The number of imidazole rings is 1. The number of anilines is 1. The van der Waals surface area contributed by atoms with Gasteiger partial charge in [0.1, 0.15) is 11.3 Å². The molecule has 0 aromatic carbocycles. The molecule has 3 heterocycles. The van der Waals surface area contributed by atoms with Crippen molar-refractivity contribution in [3.05, 3.63) is 45.9 Å². The van der Waals surface area contributed by atoms with Gasteiger partial charge in [0.2, 0.25) is 0 Å². The summed E-state index contributed by atoms with van der Waals surface area (Å²) in [4.78, 5) is 27.5. The summed E-state index contributed by atoms with van der Waals surface area (Å²) in [6.07, 6.45) is 2.76. The molecule has 0 saturated heterocycles. The second-order valence-corrected chi connectivity index (χ2v) is 4.88. The van der Waals surface area contributed by atoms with Gasteiger partial charge in [-0.15, -0.1) is 0 Å². The predicted molar refractivity (Wildman–Crippen MR) is 80.0 cm³/mol. The Morgan fingerprint density at radius 2 is 2.14 bits per heavy atom. The topological polar surface area (TPSA) is 102 Å². The maximum atomic E-state index is 12.1. The van der Waals surface area contributed by atoms with Crippen LogP contribution in [0.2, 0.25) is 0 Å². The summed E-state index contributed by atoms with van der Waals surface area (Å²) in [6, 6.07) is 3.93. The number of nitrogens with zero attached hydrogens (tertiary/aromatic N) is 4. The van der Waals surface area contributed by atoms with E-state index in [1.807, 2.05) is 18.3 Å². The molecule has 0 unspecified atom stereocenters. The Morgan fingerprint density at radius 3 is 2.81 bits per heavy atom. The van der Waals surface area contributed by atoms with E-state index < -0.39 is 0 Å². The van der Waals surface area contributed by atoms with Crippen LogP contribution in [-0.4, -0.2) is 24.5 Å². The Balaban J connectivity index is 2.07. The van der Waals surface area contributed by atoms with Crippen molar-refractivity contribution in [3.8, 4) is 0 Å². The summed E-state index contributed by atoms with van der Waals surface area (Å²) in [7, 11) is 0. The molecule has 3 aromatic rings. The van der Waals surface area contributed by atoms with Gasteiger partial charge in [0.15, 0.2) is 11.5 Å². The average molecular weight is 284 g/mol. The smallest absolute Gasteiger partial charge is 0.328 e. The van der Waals surface area contributed by atoms with Gasteiger partial charge in [0.25, 0.3) is 0 Å². The number of rotatable bonds is 3. The molecule has 7 heteroatoms. The van der Waals surface area contributed by atoms with Crippen molar-refractivity contribution in [1.29, 1.82) is 0 Å². The van der Waals surface area contributed by atoms with Crippen molar-refractivity contribution in [1.82, 2.24) is 24.5 Å². The van der Waals surface area contributed by atoms with Crippen LogP contribution in [0.25, 0.3) is 11.2 Å². The summed E-state index contributed by atoms with van der Waals surface area (Å²) >= 11 is 0. The van der Waals surface area contributed by atoms with Gasteiger partial charge < -0.3 is 10.7 Å². The SMILES string of the molecule is CCc1ccc(Cn2c(=O)[nH]c3c(N)nc(C)nc32)nc1. The molecular weight excluding hydrogens is 268 g/mol. The lowest BCUT2D eigenvalue weighted by Crippen LogP contribution is -2.18. The van der Waals surface area contributed by atoms with Gasteiger partial charge in [-0.25, -0.2) is 14.8 Å². The first-order chi connectivity index (χ1) is 10.1. The third-order valence-corrected chi connectivity index (χ3v) is 3.38. The van der Waals surface area contributed by atoms with Gasteiger partial charge in [-0.05, 0) is 25.0 Å². The molecule has 21 heavy (non-hydrogen) atoms. The van der Waals surface area contributed by atoms with E-state index in [1.165, 1.54) is 4.57 Å². The number of fused-ring (bicyclic) bond motifs is 1. The van der Waals surface area contributed by atoms with Crippen molar-refractivity contribution < 1.29 is 0 Å². The lowest BCUT2D eigenvalue weighted by Gasteiger charge is -2.04. The number of hydrogen-bond acceptors (Lipinski definition) is 5. The molecule has 0 aliphatic heterocycles. The van der Waals surface area contributed by atoms with Crippen LogP contribution in [0.3, 0.4) is 0 Å². The monoisotopic (exact) mass is 284 g/mol. The summed E-state index contributed by atoms with van der Waals surface area (Å²) in [6.45, 7) is 4.16. The number of nitrogens with one attached hydrogen (secondary N) is 1. The number of H-pyrrole nitrogens is 1. The van der Waals surface area contributed by atoms with Crippen LogP contribution >= 0.6 is 0 Å². The Hall–Kier alpha value is -2.70. The molecule has 108 valence electrons. The van der Waals surface area contributed by atoms with E-state index in [-0.39, 0.29) is 11.5 Å². The van der Waals surface area contributed by atoms with Crippen LogP contribution in [0.1, 0.15) is 24.0 Å². The highest BCUT2D eigenvalue weighted by Crippen LogP contribution is 2.14. The lowest BCUT2D eigenvalue weighted by atomic mass is 10.2. The number of aromatic amines is 1. The molecule has 0 bridgehead atoms. The zero-order valence-electron chi connectivity index (χ0n) is 11.9. The number of aryl methyl sites for hydroxylation is 2. The van der Waals surface area contributed by atoms with E-state index in [9.17, 15) is 4.79 Å². The summed E-state index contributed by atoms with van der Waals surface area (Å²) in [5.41, 5.74) is 8.48. The third kappa shape index (κ3) is 2.37. The van der Waals surface area contributed by atoms with Crippen molar-refractivity contribution >= 4 is 17.0 Å². The van der Waals surface area contributed by atoms with Crippen molar-refractivity contribution in [3.63, 3.8) is 0 Å². The first-order valence-corrected chi connectivity index (χ1v) is 6.75. The molecule has 0 fully saturated rings. The van der Waals surface area contributed by atoms with E-state index >= 15 is 0 Å². The molecule has 7 nitrogen and oxygen atoms in total. The summed E-state index contributed by atoms with van der Waals surface area (Å²) in [5, 5.41) is 0. The summed E-state index contributed by atoms with van der Waals surface area (Å²) < 4.78 is 1.52. The molecule has 3 N–H and O–H groups in total. The van der Waals surface area contributed by atoms with Gasteiger partial charge in [-0.3, -0.25) is 9.55 Å². The number of nitrogen functional groups attached to an aromatic ring is 1. The van der Waals surface area contributed by atoms with Crippen LogP contribution in [0, 0.1) is 6.92 Å². The highest BCUT2D eigenvalue weighted by atomic mass is 16.1. The Bertz CT molecular complexity index is 846. The molecule has 0 aliphatic rings. The normalized spacial score (nSPS) is 11.1. The Labute approximate surface area is 120 Å². The minimum Gasteiger partial charge on any atom is -0.382 e. The predicted octanol–water partition coefficient (Wildman–Crippen LogP) is 1.02. The quantitative estimate of drug-likeness (QED) is 0.747. The second kappa shape index (κ2) is 5.01.